The van der Waals surface area contributed by atoms with Gasteiger partial charge in [0.05, 0.1) is 41.7 Å². The van der Waals surface area contributed by atoms with Gasteiger partial charge in [0.15, 0.2) is 6.23 Å². The number of rotatable bonds is 26. The van der Waals surface area contributed by atoms with E-state index < -0.39 is 143 Å². The summed E-state index contributed by atoms with van der Waals surface area (Å²) in [5.74, 6) is -7.24. The average molecular weight is 1380 g/mol. The topological polar surface area (TPSA) is 504 Å². The Hall–Kier alpha value is -6.89. The molecule has 0 aliphatic carbocycles. The Morgan fingerprint density at radius 2 is 1.39 bits per heavy atom. The van der Waals surface area contributed by atoms with Crippen LogP contribution < -0.4 is 49.9 Å². The number of aliphatic imine (C=N–C) groups is 3. The van der Waals surface area contributed by atoms with Crippen LogP contribution in [0.25, 0.3) is 11.0 Å². The molecule has 94 heavy (non-hydrogen) atoms. The van der Waals surface area contributed by atoms with Gasteiger partial charge >= 0.3 is 16.8 Å². The van der Waals surface area contributed by atoms with Crippen LogP contribution in [0.2, 0.25) is 0 Å². The predicted octanol–water partition coefficient (Wildman–Crippen LogP) is 3.31. The van der Waals surface area contributed by atoms with Crippen LogP contribution in [0.4, 0.5) is 0 Å². The number of hydrogen-bond acceptors (Lipinski definition) is 21. The largest absolute Gasteiger partial charge is 2.00 e. The number of carbonyl (C=O) groups is 7. The summed E-state index contributed by atoms with van der Waals surface area (Å²) >= 11 is 0. The zero-order valence-corrected chi connectivity index (χ0v) is 57.4. The summed E-state index contributed by atoms with van der Waals surface area (Å²) in [7, 11) is -5.32. The van der Waals surface area contributed by atoms with Gasteiger partial charge in [-0.25, -0.2) is 4.98 Å². The van der Waals surface area contributed by atoms with Crippen molar-refractivity contribution in [1.82, 2.24) is 20.2 Å². The molecule has 2 saturated heterocycles. The van der Waals surface area contributed by atoms with Crippen molar-refractivity contribution < 1.29 is 83.8 Å². The van der Waals surface area contributed by atoms with Crippen molar-refractivity contribution in [1.29, 1.82) is 5.59 Å². The normalized spacial score (nSPS) is 32.8. The van der Waals surface area contributed by atoms with Crippen LogP contribution in [-0.2, 0) is 68.7 Å². The average Bonchev–Trinajstić information content (AvgIpc) is 1.53. The number of phosphoric acid groups is 1. The van der Waals surface area contributed by atoms with E-state index in [1.165, 1.54) is 17.8 Å². The fourth-order valence-corrected chi connectivity index (χ4v) is 16.6. The second kappa shape index (κ2) is 29.6. The molecule has 1 aromatic heterocycles. The molecule has 8 bridgehead atoms. The van der Waals surface area contributed by atoms with Gasteiger partial charge in [-0.05, 0) is 108 Å². The number of aliphatic hydroxyl groups is 2. The number of allylic oxidation sites excluding steroid dienone is 6. The van der Waals surface area contributed by atoms with Crippen LogP contribution in [0, 0.1) is 77.1 Å². The molecule has 7 heterocycles. The maximum Gasteiger partial charge on any atom is 2.00 e. The molecule has 1 aromatic carbocycles. The predicted molar refractivity (Wildman–Crippen MR) is 344 cm³/mol. The van der Waals surface area contributed by atoms with E-state index in [0.29, 0.717) is 56.4 Å². The molecule has 2 fully saturated rings. The van der Waals surface area contributed by atoms with Crippen molar-refractivity contribution in [2.75, 3.05) is 13.2 Å². The van der Waals surface area contributed by atoms with Crippen molar-refractivity contribution in [2.24, 2.45) is 94.7 Å². The zero-order valence-electron chi connectivity index (χ0n) is 55.5. The molecule has 17 N–H and O–H groups in total. The number of hydrogen-bond donors (Lipinski definition) is 11. The minimum atomic E-state index is -5.32. The number of nitrogens with two attached hydrogens (primary N) is 6. The van der Waals surface area contributed by atoms with Crippen molar-refractivity contribution >= 4 is 77.3 Å². The first-order valence-electron chi connectivity index (χ1n) is 30.8. The minimum Gasteiger partial charge on any atom is -0.756 e. The van der Waals surface area contributed by atoms with Crippen molar-refractivity contribution in [3.63, 3.8) is 0 Å². The summed E-state index contributed by atoms with van der Waals surface area (Å²) < 4.78 is 31.9. The van der Waals surface area contributed by atoms with Gasteiger partial charge < -0.3 is 85.9 Å². The maximum atomic E-state index is 14.4. The molecule has 6 aliphatic rings. The van der Waals surface area contributed by atoms with Crippen molar-refractivity contribution in [3.05, 3.63) is 76.2 Å². The van der Waals surface area contributed by atoms with Crippen LogP contribution in [0.5, 0.6) is 0 Å². The number of aliphatic hydroxyl groups excluding tert-OH is 2. The van der Waals surface area contributed by atoms with Gasteiger partial charge in [0.25, 0.3) is 7.82 Å². The number of nitrogens with zero attached hydrogens (tertiary/aromatic N) is 5. The smallest absolute Gasteiger partial charge is 0.756 e. The molecular weight excluding hydrogens is 1280 g/mol. The Morgan fingerprint density at radius 3 is 1.96 bits per heavy atom. The van der Waals surface area contributed by atoms with E-state index in [1.807, 2.05) is 87.4 Å². The van der Waals surface area contributed by atoms with Gasteiger partial charge in [0, 0.05) is 131 Å². The van der Waals surface area contributed by atoms with Crippen LogP contribution in [0.3, 0.4) is 0 Å². The summed E-state index contributed by atoms with van der Waals surface area (Å²) in [6, 6.07) is 2.67. The van der Waals surface area contributed by atoms with Crippen molar-refractivity contribution in [3.8, 4) is 0 Å². The Morgan fingerprint density at radius 1 is 0.819 bits per heavy atom. The summed E-state index contributed by atoms with van der Waals surface area (Å²) in [6.45, 7) is 19.1. The summed E-state index contributed by atoms with van der Waals surface area (Å²) in [5.41, 5.74) is 41.7. The molecule has 8 rings (SSSR count). The number of carbonyl (C=O) groups excluding carboxylic acids is 7. The molecular formula is C63H93CoN14O15P. The summed E-state index contributed by atoms with van der Waals surface area (Å²) in [5, 5.41) is 28.1. The van der Waals surface area contributed by atoms with E-state index in [0.717, 1.165) is 11.1 Å². The monoisotopic (exact) mass is 1380 g/mol. The van der Waals surface area contributed by atoms with Crippen LogP contribution in [0.1, 0.15) is 150 Å². The number of benzene rings is 1. The molecule has 29 nitrogen and oxygen atoms in total. The molecule has 519 valence electrons. The first-order valence-corrected chi connectivity index (χ1v) is 32.2. The third kappa shape index (κ3) is 15.0. The van der Waals surface area contributed by atoms with E-state index in [4.69, 9.17) is 68.1 Å². The molecule has 2 aromatic rings. The molecule has 0 spiro atoms. The maximum absolute atomic E-state index is 14.4. The number of phosphoric ester groups is 1. The van der Waals surface area contributed by atoms with E-state index in [-0.39, 0.29) is 101 Å². The molecule has 15 atom stereocenters. The first kappa shape index (κ1) is 77.8. The second-order valence-corrected chi connectivity index (χ2v) is 28.4. The van der Waals surface area contributed by atoms with Gasteiger partial charge in [0.2, 0.25) is 41.4 Å². The molecule has 1 unspecified atom stereocenters. The van der Waals surface area contributed by atoms with Gasteiger partial charge in [-0.1, -0.05) is 40.2 Å². The molecule has 7 amide bonds. The Labute approximate surface area is 557 Å². The quantitative estimate of drug-likeness (QED) is 0.0366. The SMILES string of the molecule is C/C1=C2N=C(/C=C3\N/C(=C(/C)C4=N[C@@](C)([C@@H]5N=C1[C@](C)(CCC(=O)NC[C@H](C)OP(=O)([O-])O[C@H]1[C@@H](O)[C@@H](n6cnc7cc(C)c(C)cc76)O[C@@H]1CO)[C@H]5CC(N)=O)[C@@](C)(CC(N)=O)[C@@H]4CCC(N)=O)[C@@](C)(CC(N)=O)[C@@H]3CCC(N)=O)C(C)(C)[C@@H]/2CCC(N)=O.N=O.[CH3-].[Co+2]. The third-order valence-corrected chi connectivity index (χ3v) is 21.7. The zero-order chi connectivity index (χ0) is 68.7. The number of imidazole rings is 1. The van der Waals surface area contributed by atoms with Crippen LogP contribution >= 0.6 is 7.82 Å². The fraction of sp³-hybridized carbons (Fsp3) is 0.619. The Balaban J connectivity index is 0.00000396. The van der Waals surface area contributed by atoms with Crippen LogP contribution in [0.15, 0.2) is 67.8 Å². The summed E-state index contributed by atoms with van der Waals surface area (Å²) in [6.07, 6.45) is -4.57. The third-order valence-electron chi connectivity index (χ3n) is 20.6. The number of aromatic nitrogens is 2. The number of nitrogens with one attached hydrogen (secondary N) is 3. The number of ether oxygens (including phenoxy) is 1. The molecule has 1 radical (unpaired) electrons. The fourth-order valence-electron chi connectivity index (χ4n) is 15.4. The van der Waals surface area contributed by atoms with Gasteiger partial charge in [-0.3, -0.25) is 53.1 Å². The van der Waals surface area contributed by atoms with E-state index in [2.05, 4.69) is 21.2 Å². The van der Waals surface area contributed by atoms with Crippen molar-refractivity contribution in [2.45, 2.75) is 189 Å². The molecule has 6 aliphatic heterocycles. The van der Waals surface area contributed by atoms with Gasteiger partial charge in [-0.15, -0.1) is 0 Å². The molecule has 31 heteroatoms. The number of primary amides is 6. The van der Waals surface area contributed by atoms with E-state index >= 15 is 0 Å². The van der Waals surface area contributed by atoms with E-state index in [1.54, 1.807) is 0 Å². The first-order chi connectivity index (χ1) is 42.8. The van der Waals surface area contributed by atoms with Gasteiger partial charge in [0.1, 0.15) is 18.3 Å². The second-order valence-electron chi connectivity index (χ2n) is 27.1. The summed E-state index contributed by atoms with van der Waals surface area (Å²) in [4.78, 5) is 136. The standard InChI is InChI=1S/C62H90N13O14P.CH3.Co.HNO/c1-29-20-39-40(21-30(29)2)75(28-70-39)57-52(84)53(41(27-76)87-57)89-90(85,86)88-31(3)26-69-49(83)18-19-59(8)37(22-46(66)80)56-62(11)61(10,25-48(68)82)36(14-17-45(65)79)51(74-62)33(5)55-60(9,24-47(67)81)34(12-15-43(63)77)38(71-55)23-42-58(6,7)35(13-16-44(64)78)50(72-42)32(4)54(59)73-56;;;1-2/h20-21,23,28,31,34-37,41,52-53,56-57,71,76,84H,12-19,22,24-27H2,1-11H3,(H2,63,77)(H2,64,78)(H2,65,79)(H2,66,80)(H2,67,81)(H2,68,82)(H,69,83)(H,85,86);1H3;;1H/q;-1;+2;/p-1/b38-23-,50-32-,55-33-;;;/t31-,34+,35+,36+,37-,41+,52+,53+,56+,57-,59+,60-,61-,62-;;;/m0.../s1. The molecule has 0 saturated carbocycles. The van der Waals surface area contributed by atoms with Gasteiger partial charge in [-0.2, -0.15) is 4.91 Å². The number of fused-ring (bicyclic) bond motifs is 7. The number of nitroso groups, excluding NO2 is 1. The number of aryl methyl sites for hydroxylation is 2. The Kier molecular flexibility index (Phi) is 24.5. The van der Waals surface area contributed by atoms with E-state index in [9.17, 15) is 53.2 Å². The minimum absolute atomic E-state index is 0. The Bertz CT molecular complexity index is 3570. The van der Waals surface area contributed by atoms with Crippen LogP contribution in [-0.4, -0.2) is 127 Å². The number of amides is 7.